The zero-order valence-corrected chi connectivity index (χ0v) is 16.6. The Bertz CT molecular complexity index is 848. The molecule has 0 saturated heterocycles. The van der Waals surface area contributed by atoms with Gasteiger partial charge in [-0.15, -0.1) is 0 Å². The third-order valence-corrected chi connectivity index (χ3v) is 5.48. The Morgan fingerprint density at radius 2 is 1.63 bits per heavy atom. The normalized spacial score (nSPS) is 11.9. The molecule has 7 nitrogen and oxygen atoms in total. The van der Waals surface area contributed by atoms with Crippen molar-refractivity contribution in [2.24, 2.45) is 4.99 Å². The molecule has 2 aromatic rings. The first-order chi connectivity index (χ1) is 13.0. The van der Waals surface area contributed by atoms with Gasteiger partial charge in [0.25, 0.3) is 0 Å². The van der Waals surface area contributed by atoms with Gasteiger partial charge in [0.15, 0.2) is 5.96 Å². The quantitative estimate of drug-likeness (QED) is 0.469. The minimum Gasteiger partial charge on any atom is -0.497 e. The fourth-order valence-electron chi connectivity index (χ4n) is 2.43. The maximum absolute atomic E-state index is 11.7. The molecule has 8 heteroatoms. The molecular formula is C19H26N4O3S. The zero-order chi connectivity index (χ0) is 19.7. The zero-order valence-electron chi connectivity index (χ0n) is 15.8. The topological polar surface area (TPSA) is 91.8 Å². The standard InChI is InChI=1S/C19H26N4O3S/c1-20-19(22-13-12-15-4-8-17(26-3)9-5-15)23-14-16-6-10-18(11-7-16)27(24,25)21-2/h4-11,21H,12-14H2,1-3H3,(H2,20,22,23). The maximum Gasteiger partial charge on any atom is 0.240 e. The Balaban J connectivity index is 1.81. The number of hydrogen-bond acceptors (Lipinski definition) is 4. The van der Waals surface area contributed by atoms with Crippen molar-refractivity contribution in [1.82, 2.24) is 15.4 Å². The molecule has 0 aromatic heterocycles. The lowest BCUT2D eigenvalue weighted by molar-refractivity contribution is 0.414. The molecular weight excluding hydrogens is 364 g/mol. The van der Waals surface area contributed by atoms with Crippen molar-refractivity contribution in [3.05, 3.63) is 59.7 Å². The third kappa shape index (κ3) is 6.26. The average Bonchev–Trinajstić information content (AvgIpc) is 2.71. The second-order valence-electron chi connectivity index (χ2n) is 5.80. The van der Waals surface area contributed by atoms with Gasteiger partial charge in [-0.3, -0.25) is 4.99 Å². The van der Waals surface area contributed by atoms with E-state index in [1.54, 1.807) is 38.4 Å². The van der Waals surface area contributed by atoms with Crippen LogP contribution in [-0.2, 0) is 23.0 Å². The van der Waals surface area contributed by atoms with Gasteiger partial charge < -0.3 is 15.4 Å². The first-order valence-electron chi connectivity index (χ1n) is 8.58. The lowest BCUT2D eigenvalue weighted by atomic mass is 10.1. The lowest BCUT2D eigenvalue weighted by Crippen LogP contribution is -2.37. The van der Waals surface area contributed by atoms with Crippen LogP contribution in [0.5, 0.6) is 5.75 Å². The molecule has 0 amide bonds. The molecule has 0 fully saturated rings. The summed E-state index contributed by atoms with van der Waals surface area (Å²) in [5.74, 6) is 1.54. The minimum atomic E-state index is -3.41. The SMILES string of the molecule is CN=C(NCCc1ccc(OC)cc1)NCc1ccc(S(=O)(=O)NC)cc1. The second kappa shape index (κ2) is 9.94. The molecule has 0 aliphatic rings. The molecule has 146 valence electrons. The summed E-state index contributed by atoms with van der Waals surface area (Å²) >= 11 is 0. The van der Waals surface area contributed by atoms with Gasteiger partial charge in [0.1, 0.15) is 5.75 Å². The molecule has 0 radical (unpaired) electrons. The monoisotopic (exact) mass is 390 g/mol. The molecule has 0 atom stereocenters. The number of methoxy groups -OCH3 is 1. The first-order valence-corrected chi connectivity index (χ1v) is 10.1. The molecule has 27 heavy (non-hydrogen) atoms. The summed E-state index contributed by atoms with van der Waals surface area (Å²) in [6.45, 7) is 1.29. The fourth-order valence-corrected chi connectivity index (χ4v) is 3.16. The molecule has 0 aliphatic heterocycles. The van der Waals surface area contributed by atoms with Gasteiger partial charge in [0, 0.05) is 20.1 Å². The van der Waals surface area contributed by atoms with Gasteiger partial charge >= 0.3 is 0 Å². The summed E-state index contributed by atoms with van der Waals surface area (Å²) in [7, 11) is 1.35. The highest BCUT2D eigenvalue weighted by molar-refractivity contribution is 7.89. The number of hydrogen-bond donors (Lipinski definition) is 3. The van der Waals surface area contributed by atoms with Crippen LogP contribution in [0.2, 0.25) is 0 Å². The highest BCUT2D eigenvalue weighted by Gasteiger charge is 2.10. The van der Waals surface area contributed by atoms with Crippen molar-refractivity contribution in [2.75, 3.05) is 27.7 Å². The molecule has 0 bridgehead atoms. The molecule has 2 aromatic carbocycles. The molecule has 0 spiro atoms. The van der Waals surface area contributed by atoms with Crippen molar-refractivity contribution in [2.45, 2.75) is 17.9 Å². The van der Waals surface area contributed by atoms with Gasteiger partial charge in [0.05, 0.1) is 12.0 Å². The predicted molar refractivity (Wildman–Crippen MR) is 108 cm³/mol. The van der Waals surface area contributed by atoms with E-state index in [4.69, 9.17) is 4.74 Å². The van der Waals surface area contributed by atoms with Crippen LogP contribution in [0.15, 0.2) is 58.4 Å². The molecule has 3 N–H and O–H groups in total. The Hall–Kier alpha value is -2.58. The third-order valence-electron chi connectivity index (χ3n) is 4.05. The fraction of sp³-hybridized carbons (Fsp3) is 0.316. The van der Waals surface area contributed by atoms with Gasteiger partial charge in [-0.05, 0) is 48.9 Å². The largest absolute Gasteiger partial charge is 0.497 e. The molecule has 0 unspecified atom stereocenters. The number of guanidine groups is 1. The number of nitrogens with one attached hydrogen (secondary N) is 3. The molecule has 0 saturated carbocycles. The summed E-state index contributed by atoms with van der Waals surface area (Å²) in [4.78, 5) is 4.45. The highest BCUT2D eigenvalue weighted by atomic mass is 32.2. The summed E-state index contributed by atoms with van der Waals surface area (Å²) < 4.78 is 30.9. The summed E-state index contributed by atoms with van der Waals surface area (Å²) in [6, 6.07) is 14.7. The average molecular weight is 391 g/mol. The smallest absolute Gasteiger partial charge is 0.240 e. The van der Waals surface area contributed by atoms with Crippen molar-refractivity contribution in [1.29, 1.82) is 0 Å². The molecule has 0 aliphatic carbocycles. The number of ether oxygens (including phenoxy) is 1. The number of sulfonamides is 1. The first kappa shape index (κ1) is 20.7. The summed E-state index contributed by atoms with van der Waals surface area (Å²) in [5, 5.41) is 6.48. The molecule has 2 rings (SSSR count). The van der Waals surface area contributed by atoms with Crippen LogP contribution < -0.4 is 20.1 Å². The van der Waals surface area contributed by atoms with E-state index in [1.807, 2.05) is 24.3 Å². The van der Waals surface area contributed by atoms with E-state index < -0.39 is 10.0 Å². The summed E-state index contributed by atoms with van der Waals surface area (Å²) in [6.07, 6.45) is 0.862. The van der Waals surface area contributed by atoms with E-state index in [0.717, 1.165) is 24.3 Å². The van der Waals surface area contributed by atoms with E-state index in [2.05, 4.69) is 20.3 Å². The van der Waals surface area contributed by atoms with E-state index in [1.165, 1.54) is 12.6 Å². The number of aliphatic imine (C=N–C) groups is 1. The van der Waals surface area contributed by atoms with Crippen molar-refractivity contribution in [3.8, 4) is 5.75 Å². The Labute approximate surface area is 160 Å². The van der Waals surface area contributed by atoms with Gasteiger partial charge in [-0.2, -0.15) is 0 Å². The maximum atomic E-state index is 11.7. The van der Waals surface area contributed by atoms with Gasteiger partial charge in [-0.25, -0.2) is 13.1 Å². The van der Waals surface area contributed by atoms with Crippen LogP contribution >= 0.6 is 0 Å². The Morgan fingerprint density at radius 1 is 1.00 bits per heavy atom. The second-order valence-corrected chi connectivity index (χ2v) is 7.69. The minimum absolute atomic E-state index is 0.246. The van der Waals surface area contributed by atoms with E-state index in [-0.39, 0.29) is 4.90 Å². The van der Waals surface area contributed by atoms with Crippen LogP contribution in [-0.4, -0.2) is 42.1 Å². The van der Waals surface area contributed by atoms with Crippen LogP contribution in [0.1, 0.15) is 11.1 Å². The van der Waals surface area contributed by atoms with Crippen LogP contribution in [0, 0.1) is 0 Å². The number of nitrogens with zero attached hydrogens (tertiary/aromatic N) is 1. The van der Waals surface area contributed by atoms with E-state index in [0.29, 0.717) is 12.5 Å². The Kier molecular flexibility index (Phi) is 7.63. The van der Waals surface area contributed by atoms with Crippen LogP contribution in [0.3, 0.4) is 0 Å². The van der Waals surface area contributed by atoms with Crippen LogP contribution in [0.4, 0.5) is 0 Å². The van der Waals surface area contributed by atoms with E-state index in [9.17, 15) is 8.42 Å². The van der Waals surface area contributed by atoms with Gasteiger partial charge in [0.2, 0.25) is 10.0 Å². The van der Waals surface area contributed by atoms with Crippen molar-refractivity contribution >= 4 is 16.0 Å². The summed E-state index contributed by atoms with van der Waals surface area (Å²) in [5.41, 5.74) is 2.17. The van der Waals surface area contributed by atoms with Crippen molar-refractivity contribution in [3.63, 3.8) is 0 Å². The Morgan fingerprint density at radius 3 is 2.19 bits per heavy atom. The molecule has 0 heterocycles. The van der Waals surface area contributed by atoms with E-state index >= 15 is 0 Å². The van der Waals surface area contributed by atoms with Crippen molar-refractivity contribution < 1.29 is 13.2 Å². The van der Waals surface area contributed by atoms with Gasteiger partial charge in [-0.1, -0.05) is 24.3 Å². The lowest BCUT2D eigenvalue weighted by Gasteiger charge is -2.12. The predicted octanol–water partition coefficient (Wildman–Crippen LogP) is 1.51. The van der Waals surface area contributed by atoms with Crippen LogP contribution in [0.25, 0.3) is 0 Å². The number of benzene rings is 2. The number of rotatable bonds is 8. The highest BCUT2D eigenvalue weighted by Crippen LogP contribution is 2.11.